The summed E-state index contributed by atoms with van der Waals surface area (Å²) in [5, 5.41) is 11.8. The van der Waals surface area contributed by atoms with Gasteiger partial charge >= 0.3 is 12.0 Å². The Hall–Kier alpha value is -1.98. The Morgan fingerprint density at radius 2 is 2.05 bits per heavy atom. The topological polar surface area (TPSA) is 82.8 Å². The molecule has 6 nitrogen and oxygen atoms in total. The third kappa shape index (κ3) is 2.75. The Bertz CT molecular complexity index is 554. The lowest BCUT2D eigenvalue weighted by Gasteiger charge is -2.17. The molecule has 2 atom stereocenters. The quantitative estimate of drug-likeness (QED) is 0.895. The van der Waals surface area contributed by atoms with Gasteiger partial charge in [-0.15, -0.1) is 0 Å². The van der Waals surface area contributed by atoms with Crippen molar-refractivity contribution in [3.8, 4) is 0 Å². The number of amides is 2. The normalized spacial score (nSPS) is 24.1. The van der Waals surface area contributed by atoms with Gasteiger partial charge in [0.25, 0.3) is 0 Å². The van der Waals surface area contributed by atoms with E-state index in [9.17, 15) is 9.59 Å². The number of likely N-dealkylation sites (tertiary alicyclic amines) is 1. The van der Waals surface area contributed by atoms with Crippen molar-refractivity contribution >= 4 is 12.0 Å². The van der Waals surface area contributed by atoms with Crippen molar-refractivity contribution in [1.29, 1.82) is 0 Å². The predicted molar refractivity (Wildman–Crippen MR) is 75.0 cm³/mol. The largest absolute Gasteiger partial charge is 0.478 e. The molecule has 1 saturated carbocycles. The highest BCUT2D eigenvalue weighted by Crippen LogP contribution is 2.37. The fourth-order valence-corrected chi connectivity index (χ4v) is 3.52. The molecule has 0 radical (unpaired) electrons. The number of fused-ring (bicyclic) bond motifs is 1. The molecular weight excluding hydrogens is 272 g/mol. The van der Waals surface area contributed by atoms with Crippen molar-refractivity contribution in [1.82, 2.24) is 10.2 Å². The first-order chi connectivity index (χ1) is 10.0. The molecule has 1 aromatic rings. The summed E-state index contributed by atoms with van der Waals surface area (Å²) in [6, 6.07) is 1.38. The van der Waals surface area contributed by atoms with Crippen LogP contribution in [0.25, 0.3) is 0 Å². The molecule has 1 saturated heterocycles. The van der Waals surface area contributed by atoms with Gasteiger partial charge in [-0.25, -0.2) is 9.59 Å². The maximum atomic E-state index is 12.1. The summed E-state index contributed by atoms with van der Waals surface area (Å²) in [6.45, 7) is 3.51. The fraction of sp³-hybridized carbons (Fsp3) is 0.600. The minimum Gasteiger partial charge on any atom is -0.478 e. The molecule has 2 fully saturated rings. The number of carbonyl (C=O) groups excluding carboxylic acids is 1. The van der Waals surface area contributed by atoms with Gasteiger partial charge in [-0.2, -0.15) is 0 Å². The van der Waals surface area contributed by atoms with Gasteiger partial charge in [0.2, 0.25) is 0 Å². The Morgan fingerprint density at radius 3 is 2.62 bits per heavy atom. The number of hydrogen-bond acceptors (Lipinski definition) is 3. The third-order valence-corrected chi connectivity index (χ3v) is 4.63. The summed E-state index contributed by atoms with van der Waals surface area (Å²) in [7, 11) is 0. The summed E-state index contributed by atoms with van der Waals surface area (Å²) in [4.78, 5) is 24.9. The second-order valence-corrected chi connectivity index (χ2v) is 6.00. The Kier molecular flexibility index (Phi) is 3.61. The van der Waals surface area contributed by atoms with Gasteiger partial charge in [-0.1, -0.05) is 6.42 Å². The molecule has 3 rings (SSSR count). The van der Waals surface area contributed by atoms with E-state index in [-0.39, 0.29) is 18.1 Å². The summed E-state index contributed by atoms with van der Waals surface area (Å²) < 4.78 is 5.35. The predicted octanol–water partition coefficient (Wildman–Crippen LogP) is 2.23. The number of rotatable bonds is 3. The van der Waals surface area contributed by atoms with Gasteiger partial charge < -0.3 is 19.7 Å². The average Bonchev–Trinajstić information content (AvgIpc) is 3.08. The smallest absolute Gasteiger partial charge is 0.339 e. The van der Waals surface area contributed by atoms with E-state index in [1.165, 1.54) is 25.3 Å². The zero-order valence-corrected chi connectivity index (χ0v) is 12.1. The van der Waals surface area contributed by atoms with Crippen LogP contribution in [0, 0.1) is 18.8 Å². The van der Waals surface area contributed by atoms with Crippen LogP contribution in [0.15, 0.2) is 10.5 Å². The average molecular weight is 292 g/mol. The lowest BCUT2D eigenvalue weighted by molar-refractivity contribution is 0.0695. The number of aryl methyl sites for hydroxylation is 1. The number of nitrogens with zero attached hydrogens (tertiary/aromatic N) is 1. The van der Waals surface area contributed by atoms with Crippen molar-refractivity contribution in [3.63, 3.8) is 0 Å². The maximum absolute atomic E-state index is 12.1. The second-order valence-electron chi connectivity index (χ2n) is 6.00. The summed E-state index contributed by atoms with van der Waals surface area (Å²) in [6.07, 6.45) is 3.75. The highest BCUT2D eigenvalue weighted by Gasteiger charge is 2.37. The maximum Gasteiger partial charge on any atom is 0.339 e. The summed E-state index contributed by atoms with van der Waals surface area (Å²) >= 11 is 0. The van der Waals surface area contributed by atoms with Crippen LogP contribution in [0.3, 0.4) is 0 Å². The highest BCUT2D eigenvalue weighted by atomic mass is 16.4. The van der Waals surface area contributed by atoms with Gasteiger partial charge in [-0.05, 0) is 37.7 Å². The molecule has 2 heterocycles. The first kappa shape index (κ1) is 14.0. The molecule has 1 aliphatic carbocycles. The number of nitrogens with one attached hydrogen (secondary N) is 1. The van der Waals surface area contributed by atoms with Crippen molar-refractivity contribution in [2.75, 3.05) is 13.1 Å². The second kappa shape index (κ2) is 5.42. The van der Waals surface area contributed by atoms with Crippen LogP contribution in [-0.4, -0.2) is 35.1 Å². The van der Waals surface area contributed by atoms with Crippen molar-refractivity contribution < 1.29 is 19.1 Å². The van der Waals surface area contributed by atoms with Crippen LogP contribution in [0.1, 0.15) is 41.1 Å². The SMILES string of the molecule is Cc1oc(CNC(=O)N2CC3CCCC3C2)cc1C(=O)O. The summed E-state index contributed by atoms with van der Waals surface area (Å²) in [5.74, 6) is 1.15. The Labute approximate surface area is 123 Å². The number of carboxylic acids is 1. The highest BCUT2D eigenvalue weighted by molar-refractivity contribution is 5.88. The standard InChI is InChI=1S/C15H20N2O4/c1-9-13(14(18)19)5-12(21-9)6-16-15(20)17-7-10-3-2-4-11(10)8-17/h5,10-11H,2-4,6-8H2,1H3,(H,16,20)(H,18,19). The van der Waals surface area contributed by atoms with E-state index >= 15 is 0 Å². The van der Waals surface area contributed by atoms with Gasteiger partial charge in [0.05, 0.1) is 6.54 Å². The molecule has 114 valence electrons. The van der Waals surface area contributed by atoms with Gasteiger partial charge in [0.15, 0.2) is 0 Å². The third-order valence-electron chi connectivity index (χ3n) is 4.63. The van der Waals surface area contributed by atoms with Crippen molar-refractivity contribution in [3.05, 3.63) is 23.2 Å². The van der Waals surface area contributed by atoms with E-state index in [4.69, 9.17) is 9.52 Å². The van der Waals surface area contributed by atoms with Crippen LogP contribution >= 0.6 is 0 Å². The zero-order valence-electron chi connectivity index (χ0n) is 12.1. The number of carbonyl (C=O) groups is 2. The number of urea groups is 1. The van der Waals surface area contributed by atoms with Crippen LogP contribution in [0.5, 0.6) is 0 Å². The molecule has 2 aliphatic rings. The first-order valence-corrected chi connectivity index (χ1v) is 7.40. The van der Waals surface area contributed by atoms with E-state index in [0.29, 0.717) is 23.4 Å². The molecule has 0 bridgehead atoms. The van der Waals surface area contributed by atoms with E-state index < -0.39 is 5.97 Å². The fourth-order valence-electron chi connectivity index (χ4n) is 3.52. The van der Waals surface area contributed by atoms with E-state index in [2.05, 4.69) is 5.32 Å². The molecule has 0 aromatic carbocycles. The van der Waals surface area contributed by atoms with Crippen molar-refractivity contribution in [2.24, 2.45) is 11.8 Å². The van der Waals surface area contributed by atoms with Crippen molar-refractivity contribution in [2.45, 2.75) is 32.7 Å². The number of furan rings is 1. The molecule has 1 aromatic heterocycles. The molecule has 2 N–H and O–H groups in total. The molecular formula is C15H20N2O4. The van der Waals surface area contributed by atoms with Gasteiger partial charge in [0, 0.05) is 13.1 Å². The van der Waals surface area contributed by atoms with Gasteiger partial charge in [0.1, 0.15) is 17.1 Å². The monoisotopic (exact) mass is 292 g/mol. The van der Waals surface area contributed by atoms with Crippen LogP contribution < -0.4 is 5.32 Å². The molecule has 21 heavy (non-hydrogen) atoms. The Balaban J connectivity index is 1.54. The van der Waals surface area contributed by atoms with Crippen LogP contribution in [0.4, 0.5) is 4.79 Å². The molecule has 6 heteroatoms. The number of hydrogen-bond donors (Lipinski definition) is 2. The molecule has 2 unspecified atom stereocenters. The number of aromatic carboxylic acids is 1. The van der Waals surface area contributed by atoms with E-state index in [1.54, 1.807) is 6.92 Å². The lowest BCUT2D eigenvalue weighted by Crippen LogP contribution is -2.38. The van der Waals surface area contributed by atoms with Gasteiger partial charge in [-0.3, -0.25) is 0 Å². The zero-order chi connectivity index (χ0) is 15.0. The van der Waals surface area contributed by atoms with Crippen LogP contribution in [-0.2, 0) is 6.54 Å². The number of carboxylic acid groups (broad SMARTS) is 1. The molecule has 2 amide bonds. The minimum absolute atomic E-state index is 0.0877. The van der Waals surface area contributed by atoms with E-state index in [1.807, 2.05) is 4.90 Å². The lowest BCUT2D eigenvalue weighted by atomic mass is 10.0. The Morgan fingerprint density at radius 1 is 1.38 bits per heavy atom. The first-order valence-electron chi connectivity index (χ1n) is 7.40. The molecule has 1 aliphatic heterocycles. The van der Waals surface area contributed by atoms with E-state index in [0.717, 1.165) is 13.1 Å². The van der Waals surface area contributed by atoms with Crippen LogP contribution in [0.2, 0.25) is 0 Å². The summed E-state index contributed by atoms with van der Waals surface area (Å²) in [5.41, 5.74) is 0.148. The minimum atomic E-state index is -1.01. The molecule has 0 spiro atoms.